The summed E-state index contributed by atoms with van der Waals surface area (Å²) in [5.74, 6) is 10.4. The molecule has 0 bridgehead atoms. The summed E-state index contributed by atoms with van der Waals surface area (Å²) < 4.78 is 0. The van der Waals surface area contributed by atoms with E-state index in [9.17, 15) is 4.79 Å². The number of urea groups is 1. The van der Waals surface area contributed by atoms with Gasteiger partial charge in [-0.3, -0.25) is 5.43 Å². The minimum Gasteiger partial charge on any atom is -0.274 e. The van der Waals surface area contributed by atoms with Crippen LogP contribution in [0.5, 0.6) is 0 Å². The predicted molar refractivity (Wildman–Crippen MR) is 55.6 cm³/mol. The Morgan fingerprint density at radius 2 is 2.21 bits per heavy atom. The van der Waals surface area contributed by atoms with Crippen LogP contribution >= 0.6 is 11.6 Å². The molecule has 1 aromatic rings. The summed E-state index contributed by atoms with van der Waals surface area (Å²) in [5, 5.41) is 1.45. The molecule has 6 heteroatoms. The third-order valence-corrected chi connectivity index (χ3v) is 2.25. The Kier molecular flexibility index (Phi) is 3.29. The van der Waals surface area contributed by atoms with Crippen LogP contribution in [0.3, 0.4) is 0 Å². The molecule has 76 valence electrons. The Labute approximate surface area is 86.6 Å². The molecule has 5 nitrogen and oxygen atoms in total. The third kappa shape index (κ3) is 1.95. The monoisotopic (exact) mass is 214 g/mol. The van der Waals surface area contributed by atoms with E-state index in [4.69, 9.17) is 23.3 Å². The number of nitrogens with zero attached hydrogens (tertiary/aromatic N) is 1. The van der Waals surface area contributed by atoms with Crippen molar-refractivity contribution in [1.82, 2.24) is 5.43 Å². The Bertz CT molecular complexity index is 355. The number of anilines is 1. The van der Waals surface area contributed by atoms with Crippen LogP contribution in [-0.4, -0.2) is 6.03 Å². The number of halogens is 1. The van der Waals surface area contributed by atoms with Gasteiger partial charge in [0.05, 0.1) is 5.69 Å². The molecule has 0 aliphatic rings. The molecule has 5 N–H and O–H groups in total. The van der Waals surface area contributed by atoms with Crippen molar-refractivity contribution in [2.45, 2.75) is 6.92 Å². The predicted octanol–water partition coefficient (Wildman–Crippen LogP) is 0.912. The normalized spacial score (nSPS) is 9.71. The Balaban J connectivity index is 3.07. The number of hydrogen-bond donors (Lipinski definition) is 3. The van der Waals surface area contributed by atoms with Gasteiger partial charge >= 0.3 is 6.03 Å². The zero-order valence-corrected chi connectivity index (χ0v) is 8.38. The van der Waals surface area contributed by atoms with E-state index in [0.29, 0.717) is 10.7 Å². The van der Waals surface area contributed by atoms with Crippen molar-refractivity contribution in [2.24, 2.45) is 11.7 Å². The number of benzene rings is 1. The van der Waals surface area contributed by atoms with Gasteiger partial charge in [-0.25, -0.2) is 21.5 Å². The van der Waals surface area contributed by atoms with E-state index in [1.807, 2.05) is 5.43 Å². The molecule has 2 amide bonds. The molecular weight excluding hydrogens is 204 g/mol. The van der Waals surface area contributed by atoms with Gasteiger partial charge in [-0.15, -0.1) is 0 Å². The largest absolute Gasteiger partial charge is 0.350 e. The fourth-order valence-electron chi connectivity index (χ4n) is 1.04. The second-order valence-corrected chi connectivity index (χ2v) is 3.11. The van der Waals surface area contributed by atoms with E-state index in [2.05, 4.69) is 0 Å². The minimum atomic E-state index is -0.602. The van der Waals surface area contributed by atoms with E-state index < -0.39 is 6.03 Å². The molecule has 0 saturated carbocycles. The summed E-state index contributed by atoms with van der Waals surface area (Å²) in [6.45, 7) is 1.77. The van der Waals surface area contributed by atoms with Crippen molar-refractivity contribution in [3.8, 4) is 0 Å². The Morgan fingerprint density at radius 1 is 1.57 bits per heavy atom. The van der Waals surface area contributed by atoms with Crippen molar-refractivity contribution in [1.29, 1.82) is 0 Å². The number of carbonyl (C=O) groups excluding carboxylic acids is 1. The number of carbonyl (C=O) groups is 1. The summed E-state index contributed by atoms with van der Waals surface area (Å²) >= 11 is 5.86. The Morgan fingerprint density at radius 3 is 2.79 bits per heavy atom. The lowest BCUT2D eigenvalue weighted by atomic mass is 10.2. The second kappa shape index (κ2) is 4.28. The molecule has 0 radical (unpaired) electrons. The highest BCUT2D eigenvalue weighted by Gasteiger charge is 2.13. The first-order valence-corrected chi connectivity index (χ1v) is 4.26. The highest BCUT2D eigenvalue weighted by molar-refractivity contribution is 6.31. The van der Waals surface area contributed by atoms with Gasteiger partial charge in [-0.2, -0.15) is 0 Å². The maximum absolute atomic E-state index is 11.1. The summed E-state index contributed by atoms with van der Waals surface area (Å²) in [7, 11) is 0. The molecule has 0 spiro atoms. The van der Waals surface area contributed by atoms with Crippen LogP contribution in [0.1, 0.15) is 5.56 Å². The van der Waals surface area contributed by atoms with E-state index >= 15 is 0 Å². The number of hydrazine groups is 2. The molecule has 0 atom stereocenters. The lowest BCUT2D eigenvalue weighted by Crippen LogP contribution is -2.47. The van der Waals surface area contributed by atoms with Crippen molar-refractivity contribution in [3.63, 3.8) is 0 Å². The first kappa shape index (κ1) is 10.8. The lowest BCUT2D eigenvalue weighted by molar-refractivity contribution is 0.246. The summed E-state index contributed by atoms with van der Waals surface area (Å²) in [6.07, 6.45) is 0. The number of rotatable bonds is 1. The van der Waals surface area contributed by atoms with Gasteiger partial charge in [0.2, 0.25) is 0 Å². The molecule has 1 rings (SSSR count). The zero-order chi connectivity index (χ0) is 10.7. The van der Waals surface area contributed by atoms with Gasteiger partial charge < -0.3 is 0 Å². The van der Waals surface area contributed by atoms with E-state index in [-0.39, 0.29) is 0 Å². The van der Waals surface area contributed by atoms with Crippen LogP contribution in [0.4, 0.5) is 10.5 Å². The Hall–Kier alpha value is -1.30. The first-order valence-electron chi connectivity index (χ1n) is 3.88. The maximum Gasteiger partial charge on any atom is 0.350 e. The number of amides is 2. The highest BCUT2D eigenvalue weighted by Crippen LogP contribution is 2.24. The molecule has 14 heavy (non-hydrogen) atoms. The topological polar surface area (TPSA) is 84.4 Å². The number of nitrogens with one attached hydrogen (secondary N) is 1. The van der Waals surface area contributed by atoms with Crippen LogP contribution in [0, 0.1) is 6.92 Å². The molecular formula is C8H11ClN4O. The van der Waals surface area contributed by atoms with Crippen molar-refractivity contribution in [3.05, 3.63) is 28.8 Å². The highest BCUT2D eigenvalue weighted by atomic mass is 35.5. The molecule has 0 heterocycles. The van der Waals surface area contributed by atoms with Gasteiger partial charge in [0.25, 0.3) is 0 Å². The summed E-state index contributed by atoms with van der Waals surface area (Å²) in [5.41, 5.74) is 3.17. The maximum atomic E-state index is 11.1. The van der Waals surface area contributed by atoms with Crippen LogP contribution in [0.15, 0.2) is 18.2 Å². The zero-order valence-electron chi connectivity index (χ0n) is 7.62. The first-order chi connectivity index (χ1) is 6.57. The molecule has 0 aliphatic carbocycles. The summed E-state index contributed by atoms with van der Waals surface area (Å²) in [4.78, 5) is 11.1. The molecule has 0 aromatic heterocycles. The van der Waals surface area contributed by atoms with Crippen LogP contribution in [-0.2, 0) is 0 Å². The van der Waals surface area contributed by atoms with E-state index in [1.165, 1.54) is 0 Å². The van der Waals surface area contributed by atoms with Gasteiger partial charge in [0.1, 0.15) is 0 Å². The fraction of sp³-hybridized carbons (Fsp3) is 0.125. The van der Waals surface area contributed by atoms with Crippen molar-refractivity contribution >= 4 is 23.3 Å². The van der Waals surface area contributed by atoms with Crippen LogP contribution in [0.2, 0.25) is 5.02 Å². The van der Waals surface area contributed by atoms with Crippen molar-refractivity contribution < 1.29 is 4.79 Å². The quantitative estimate of drug-likeness (QED) is 0.369. The van der Waals surface area contributed by atoms with E-state index in [0.717, 1.165) is 10.6 Å². The fourth-order valence-corrected chi connectivity index (χ4v) is 1.21. The standard InChI is InChI=1S/C8H11ClN4O/c1-5-6(9)3-2-4-7(5)13(11)8(14)12-10/h2-4H,10-11H2,1H3,(H,12,14). The smallest absolute Gasteiger partial charge is 0.274 e. The number of hydrogen-bond acceptors (Lipinski definition) is 3. The van der Waals surface area contributed by atoms with Gasteiger partial charge in [-0.1, -0.05) is 17.7 Å². The minimum absolute atomic E-state index is 0.514. The van der Waals surface area contributed by atoms with Gasteiger partial charge in [0, 0.05) is 5.02 Å². The third-order valence-electron chi connectivity index (χ3n) is 1.84. The average Bonchev–Trinajstić information content (AvgIpc) is 2.20. The van der Waals surface area contributed by atoms with Crippen molar-refractivity contribution in [2.75, 3.05) is 5.01 Å². The second-order valence-electron chi connectivity index (χ2n) is 2.70. The lowest BCUT2D eigenvalue weighted by Gasteiger charge is -2.18. The molecule has 1 aromatic carbocycles. The molecule has 0 aliphatic heterocycles. The summed E-state index contributed by atoms with van der Waals surface area (Å²) in [6, 6.07) is 4.50. The number of nitrogens with two attached hydrogens (primary N) is 2. The SMILES string of the molecule is Cc1c(Cl)cccc1N(N)C(=O)NN. The van der Waals surface area contributed by atoms with Gasteiger partial charge in [-0.05, 0) is 24.6 Å². The van der Waals surface area contributed by atoms with Gasteiger partial charge in [0.15, 0.2) is 0 Å². The molecule has 0 saturated heterocycles. The molecule has 0 unspecified atom stereocenters. The molecule has 0 fully saturated rings. The van der Waals surface area contributed by atoms with Crippen LogP contribution < -0.4 is 22.1 Å². The van der Waals surface area contributed by atoms with Crippen LogP contribution in [0.25, 0.3) is 0 Å². The average molecular weight is 215 g/mol. The van der Waals surface area contributed by atoms with E-state index in [1.54, 1.807) is 25.1 Å².